The monoisotopic (exact) mass is 235 g/mol. The first kappa shape index (κ1) is 11.2. The van der Waals surface area contributed by atoms with Crippen LogP contribution in [0.2, 0.25) is 0 Å². The molecule has 0 saturated heterocycles. The molecule has 0 saturated carbocycles. The number of hydrogen-bond acceptors (Lipinski definition) is 3. The Bertz CT molecular complexity index is 522. The first-order valence-electron chi connectivity index (χ1n) is 5.00. The van der Waals surface area contributed by atoms with Crippen LogP contribution in [0.4, 0.5) is 0 Å². The highest BCUT2D eigenvalue weighted by Gasteiger charge is 2.13. The van der Waals surface area contributed by atoms with Gasteiger partial charge in [0.25, 0.3) is 0 Å². The maximum absolute atomic E-state index is 11.1. The van der Waals surface area contributed by atoms with Gasteiger partial charge in [-0.3, -0.25) is 9.19 Å². The van der Waals surface area contributed by atoms with Crippen molar-refractivity contribution in [3.8, 4) is 0 Å². The average Bonchev–Trinajstić information content (AvgIpc) is 2.27. The molecule has 1 aromatic carbocycles. The topological polar surface area (TPSA) is 50.2 Å². The summed E-state index contributed by atoms with van der Waals surface area (Å²) in [6.45, 7) is 0. The Morgan fingerprint density at radius 2 is 2.12 bits per heavy atom. The summed E-state index contributed by atoms with van der Waals surface area (Å²) in [5.41, 5.74) is 0.605. The number of benzene rings is 1. The molecule has 0 bridgehead atoms. The van der Waals surface area contributed by atoms with Gasteiger partial charge in [-0.25, -0.2) is 0 Å². The zero-order chi connectivity index (χ0) is 11.5. The van der Waals surface area contributed by atoms with Gasteiger partial charge in [-0.2, -0.15) is 0 Å². The number of aliphatic hydroxyl groups is 1. The highest BCUT2D eigenvalue weighted by atomic mass is 32.2. The number of fused-ring (bicyclic) bond motifs is 1. The molecule has 1 heterocycles. The second kappa shape index (κ2) is 4.72. The van der Waals surface area contributed by atoms with Crippen LogP contribution in [0, 0.1) is 0 Å². The van der Waals surface area contributed by atoms with Gasteiger partial charge in [0, 0.05) is 28.6 Å². The summed E-state index contributed by atoms with van der Waals surface area (Å²) in [5, 5.41) is 11.9. The summed E-state index contributed by atoms with van der Waals surface area (Å²) in [5.74, 6) is 0.223. The van der Waals surface area contributed by atoms with E-state index in [1.165, 1.54) is 0 Å². The number of aromatic nitrogens is 1. The van der Waals surface area contributed by atoms with E-state index < -0.39 is 16.9 Å². The minimum atomic E-state index is -1.03. The van der Waals surface area contributed by atoms with Crippen molar-refractivity contribution in [3.63, 3.8) is 0 Å². The fraction of sp³-hybridized carbons (Fsp3) is 0.250. The summed E-state index contributed by atoms with van der Waals surface area (Å²) in [7, 11) is -1.03. The van der Waals surface area contributed by atoms with Crippen molar-refractivity contribution < 1.29 is 9.32 Å². The van der Waals surface area contributed by atoms with Gasteiger partial charge in [0.1, 0.15) is 6.10 Å². The highest BCUT2D eigenvalue weighted by Crippen LogP contribution is 2.22. The van der Waals surface area contributed by atoms with E-state index in [1.54, 1.807) is 12.5 Å². The quantitative estimate of drug-likeness (QED) is 0.880. The molecule has 2 aromatic rings. The zero-order valence-corrected chi connectivity index (χ0v) is 9.78. The van der Waals surface area contributed by atoms with Crippen molar-refractivity contribution in [2.24, 2.45) is 0 Å². The van der Waals surface area contributed by atoms with Gasteiger partial charge in [0.15, 0.2) is 0 Å². The molecule has 0 aliphatic rings. The van der Waals surface area contributed by atoms with E-state index >= 15 is 0 Å². The van der Waals surface area contributed by atoms with Crippen molar-refractivity contribution in [2.75, 3.05) is 12.0 Å². The predicted octanol–water partition coefficient (Wildman–Crippen LogP) is 1.65. The Balaban J connectivity index is 2.47. The Kier molecular flexibility index (Phi) is 3.31. The molecule has 0 aliphatic heterocycles. The molecule has 16 heavy (non-hydrogen) atoms. The molecule has 4 heteroatoms. The summed E-state index contributed by atoms with van der Waals surface area (Å²) >= 11 is 0. The Morgan fingerprint density at radius 3 is 2.88 bits per heavy atom. The fourth-order valence-corrected chi connectivity index (χ4v) is 2.31. The number of pyridine rings is 1. The lowest BCUT2D eigenvalue weighted by atomic mass is 10.1. The van der Waals surface area contributed by atoms with Crippen LogP contribution in [0.25, 0.3) is 10.8 Å². The second-order valence-electron chi connectivity index (χ2n) is 3.67. The third-order valence-corrected chi connectivity index (χ3v) is 3.20. The van der Waals surface area contributed by atoms with Crippen molar-refractivity contribution in [1.82, 2.24) is 4.98 Å². The molecule has 2 rings (SSSR count). The molecule has 1 aromatic heterocycles. The lowest BCUT2D eigenvalue weighted by molar-refractivity contribution is 0.200. The molecular formula is C12H13NO2S. The number of hydrogen-bond donors (Lipinski definition) is 1. The van der Waals surface area contributed by atoms with Gasteiger partial charge in [0.2, 0.25) is 0 Å². The van der Waals surface area contributed by atoms with E-state index in [0.29, 0.717) is 5.69 Å². The van der Waals surface area contributed by atoms with Crippen LogP contribution in [0.15, 0.2) is 36.5 Å². The molecule has 3 nitrogen and oxygen atoms in total. The molecule has 0 unspecified atom stereocenters. The third-order valence-electron chi connectivity index (χ3n) is 2.41. The van der Waals surface area contributed by atoms with Gasteiger partial charge in [-0.05, 0) is 11.5 Å². The summed E-state index contributed by atoms with van der Waals surface area (Å²) in [6, 6.07) is 9.63. The number of nitrogens with zero attached hydrogens (tertiary/aromatic N) is 1. The van der Waals surface area contributed by atoms with Crippen LogP contribution in [-0.4, -0.2) is 26.3 Å². The largest absolute Gasteiger partial charge is 0.386 e. The van der Waals surface area contributed by atoms with E-state index in [-0.39, 0.29) is 5.75 Å². The lowest BCUT2D eigenvalue weighted by Crippen LogP contribution is -2.09. The molecule has 0 radical (unpaired) electrons. The summed E-state index contributed by atoms with van der Waals surface area (Å²) < 4.78 is 11.1. The van der Waals surface area contributed by atoms with Crippen LogP contribution < -0.4 is 0 Å². The van der Waals surface area contributed by atoms with Crippen LogP contribution >= 0.6 is 0 Å². The molecule has 0 fully saturated rings. The smallest absolute Gasteiger partial charge is 0.108 e. The van der Waals surface area contributed by atoms with Crippen molar-refractivity contribution >= 4 is 21.6 Å². The van der Waals surface area contributed by atoms with Crippen LogP contribution in [0.5, 0.6) is 0 Å². The minimum absolute atomic E-state index is 0.223. The van der Waals surface area contributed by atoms with Gasteiger partial charge < -0.3 is 5.11 Å². The summed E-state index contributed by atoms with van der Waals surface area (Å²) in [6.07, 6.45) is 2.48. The van der Waals surface area contributed by atoms with Crippen LogP contribution in [0.1, 0.15) is 11.8 Å². The van der Waals surface area contributed by atoms with E-state index in [9.17, 15) is 9.32 Å². The molecule has 0 spiro atoms. The third kappa shape index (κ3) is 2.28. The molecular weight excluding hydrogens is 222 g/mol. The Labute approximate surface area is 96.6 Å². The summed E-state index contributed by atoms with van der Waals surface area (Å²) in [4.78, 5) is 4.18. The number of rotatable bonds is 3. The van der Waals surface area contributed by atoms with Crippen LogP contribution in [0.3, 0.4) is 0 Å². The lowest BCUT2D eigenvalue weighted by Gasteiger charge is -2.10. The average molecular weight is 235 g/mol. The Morgan fingerprint density at radius 1 is 1.38 bits per heavy atom. The molecule has 1 N–H and O–H groups in total. The first-order chi connectivity index (χ1) is 7.68. The molecule has 2 atom stereocenters. The van der Waals surface area contributed by atoms with Gasteiger partial charge >= 0.3 is 0 Å². The second-order valence-corrected chi connectivity index (χ2v) is 5.15. The van der Waals surface area contributed by atoms with E-state index in [0.717, 1.165) is 10.8 Å². The SMILES string of the molecule is C[S@](=O)C[C@H](O)c1nccc2ccccc12. The fourth-order valence-electron chi connectivity index (χ4n) is 1.71. The van der Waals surface area contributed by atoms with Crippen molar-refractivity contribution in [3.05, 3.63) is 42.2 Å². The van der Waals surface area contributed by atoms with Gasteiger partial charge in [-0.15, -0.1) is 0 Å². The first-order valence-corrected chi connectivity index (χ1v) is 6.73. The standard InChI is InChI=1S/C12H13NO2S/c1-16(15)8-11(14)12-10-5-3-2-4-9(10)6-7-13-12/h2-7,11,14H,8H2,1H3/t11-,16-/m0/s1. The van der Waals surface area contributed by atoms with Gasteiger partial charge in [-0.1, -0.05) is 24.3 Å². The van der Waals surface area contributed by atoms with Gasteiger partial charge in [0.05, 0.1) is 11.4 Å². The van der Waals surface area contributed by atoms with E-state index in [4.69, 9.17) is 0 Å². The molecule has 0 aliphatic carbocycles. The zero-order valence-electron chi connectivity index (χ0n) is 8.96. The van der Waals surface area contributed by atoms with Crippen LogP contribution in [-0.2, 0) is 10.8 Å². The maximum atomic E-state index is 11.1. The van der Waals surface area contributed by atoms with Crippen molar-refractivity contribution in [1.29, 1.82) is 0 Å². The maximum Gasteiger partial charge on any atom is 0.108 e. The Hall–Kier alpha value is -1.26. The molecule has 84 valence electrons. The number of aliphatic hydroxyl groups excluding tert-OH is 1. The van der Waals surface area contributed by atoms with E-state index in [1.807, 2.05) is 30.3 Å². The molecule has 0 amide bonds. The normalized spacial score (nSPS) is 14.9. The minimum Gasteiger partial charge on any atom is -0.386 e. The predicted molar refractivity (Wildman–Crippen MR) is 65.6 cm³/mol. The van der Waals surface area contributed by atoms with E-state index in [2.05, 4.69) is 4.98 Å². The van der Waals surface area contributed by atoms with Crippen molar-refractivity contribution in [2.45, 2.75) is 6.10 Å². The highest BCUT2D eigenvalue weighted by molar-refractivity contribution is 7.84.